The number of hydrogen-bond donors (Lipinski definition) is 1. The van der Waals surface area contributed by atoms with E-state index in [-0.39, 0.29) is 5.56 Å². The highest BCUT2D eigenvalue weighted by atomic mass is 16.5. The van der Waals surface area contributed by atoms with E-state index in [0.717, 1.165) is 11.4 Å². The monoisotopic (exact) mass is 260 g/mol. The molecule has 1 aromatic carbocycles. The largest absolute Gasteiger partial charge is 0.497 e. The highest BCUT2D eigenvalue weighted by Crippen LogP contribution is 2.30. The first kappa shape index (κ1) is 13.1. The zero-order chi connectivity index (χ0) is 14.0. The molecule has 5 heteroatoms. The Kier molecular flexibility index (Phi) is 3.55. The molecule has 19 heavy (non-hydrogen) atoms. The van der Waals surface area contributed by atoms with Crippen molar-refractivity contribution in [2.75, 3.05) is 14.2 Å². The number of aryl methyl sites for hydroxylation is 2. The number of nitrogens with zero attached hydrogens (tertiary/aromatic N) is 1. The molecule has 0 saturated carbocycles. The SMILES string of the molecule is COc1ccc(OC)c(-c2nc(C)c(C)[nH]c2=O)c1. The lowest BCUT2D eigenvalue weighted by atomic mass is 10.1. The maximum atomic E-state index is 12.0. The predicted octanol–water partition coefficient (Wildman–Crippen LogP) is 2.07. The molecule has 0 aliphatic carbocycles. The molecule has 0 bridgehead atoms. The van der Waals surface area contributed by atoms with Crippen LogP contribution in [0.5, 0.6) is 11.5 Å². The first-order chi connectivity index (χ1) is 9.06. The Hall–Kier alpha value is -2.30. The number of nitrogens with one attached hydrogen (secondary N) is 1. The molecule has 0 saturated heterocycles. The minimum absolute atomic E-state index is 0.241. The smallest absolute Gasteiger partial charge is 0.274 e. The van der Waals surface area contributed by atoms with E-state index >= 15 is 0 Å². The van der Waals surface area contributed by atoms with E-state index < -0.39 is 0 Å². The zero-order valence-corrected chi connectivity index (χ0v) is 11.4. The number of hydrogen-bond acceptors (Lipinski definition) is 4. The number of ether oxygens (including phenoxy) is 2. The van der Waals surface area contributed by atoms with Gasteiger partial charge in [0.2, 0.25) is 0 Å². The van der Waals surface area contributed by atoms with Crippen molar-refractivity contribution in [3.8, 4) is 22.8 Å². The molecule has 2 rings (SSSR count). The average molecular weight is 260 g/mol. The maximum Gasteiger partial charge on any atom is 0.274 e. The van der Waals surface area contributed by atoms with E-state index in [4.69, 9.17) is 9.47 Å². The highest BCUT2D eigenvalue weighted by Gasteiger charge is 2.14. The number of aromatic amines is 1. The molecule has 100 valence electrons. The molecule has 0 radical (unpaired) electrons. The molecule has 0 amide bonds. The number of methoxy groups -OCH3 is 2. The molecule has 0 aliphatic rings. The number of rotatable bonds is 3. The lowest BCUT2D eigenvalue weighted by molar-refractivity contribution is 0.404. The summed E-state index contributed by atoms with van der Waals surface area (Å²) >= 11 is 0. The van der Waals surface area contributed by atoms with Crippen LogP contribution < -0.4 is 15.0 Å². The van der Waals surface area contributed by atoms with Gasteiger partial charge in [-0.1, -0.05) is 0 Å². The van der Waals surface area contributed by atoms with Crippen LogP contribution in [0.25, 0.3) is 11.3 Å². The fourth-order valence-electron chi connectivity index (χ4n) is 1.80. The third-order valence-electron chi connectivity index (χ3n) is 3.00. The van der Waals surface area contributed by atoms with Gasteiger partial charge in [-0.25, -0.2) is 4.98 Å². The molecular weight excluding hydrogens is 244 g/mol. The van der Waals surface area contributed by atoms with E-state index in [2.05, 4.69) is 9.97 Å². The normalized spacial score (nSPS) is 10.3. The van der Waals surface area contributed by atoms with Crippen LogP contribution in [-0.2, 0) is 0 Å². The first-order valence-electron chi connectivity index (χ1n) is 5.86. The Morgan fingerprint density at radius 1 is 1.16 bits per heavy atom. The van der Waals surface area contributed by atoms with Gasteiger partial charge in [0.1, 0.15) is 17.2 Å². The van der Waals surface area contributed by atoms with Crippen molar-refractivity contribution >= 4 is 0 Å². The number of H-pyrrole nitrogens is 1. The van der Waals surface area contributed by atoms with Gasteiger partial charge < -0.3 is 14.5 Å². The zero-order valence-electron chi connectivity index (χ0n) is 11.4. The summed E-state index contributed by atoms with van der Waals surface area (Å²) in [6.45, 7) is 3.66. The summed E-state index contributed by atoms with van der Waals surface area (Å²) in [5.74, 6) is 1.23. The van der Waals surface area contributed by atoms with Gasteiger partial charge in [-0.2, -0.15) is 0 Å². The Bertz CT molecular complexity index is 662. The van der Waals surface area contributed by atoms with Gasteiger partial charge in [0.05, 0.1) is 25.5 Å². The highest BCUT2D eigenvalue weighted by molar-refractivity contribution is 5.68. The van der Waals surface area contributed by atoms with Crippen LogP contribution >= 0.6 is 0 Å². The summed E-state index contributed by atoms with van der Waals surface area (Å²) in [6, 6.07) is 5.27. The summed E-state index contributed by atoms with van der Waals surface area (Å²) < 4.78 is 10.5. The van der Waals surface area contributed by atoms with Crippen molar-refractivity contribution in [3.63, 3.8) is 0 Å². The third-order valence-corrected chi connectivity index (χ3v) is 3.00. The Balaban J connectivity index is 2.70. The quantitative estimate of drug-likeness (QED) is 0.917. The number of aromatic nitrogens is 2. The van der Waals surface area contributed by atoms with Gasteiger partial charge in [0, 0.05) is 5.69 Å². The van der Waals surface area contributed by atoms with Crippen molar-refractivity contribution in [1.82, 2.24) is 9.97 Å². The molecular formula is C14H16N2O3. The molecule has 0 spiro atoms. The van der Waals surface area contributed by atoms with Crippen molar-refractivity contribution in [3.05, 3.63) is 39.9 Å². The Labute approximate surface area is 111 Å². The summed E-state index contributed by atoms with van der Waals surface area (Å²) in [7, 11) is 3.13. The van der Waals surface area contributed by atoms with E-state index in [9.17, 15) is 4.79 Å². The summed E-state index contributed by atoms with van der Waals surface area (Å²) in [5.41, 5.74) is 2.25. The van der Waals surface area contributed by atoms with Crippen molar-refractivity contribution in [2.45, 2.75) is 13.8 Å². The van der Waals surface area contributed by atoms with Gasteiger partial charge in [0.25, 0.3) is 5.56 Å². The molecule has 1 N–H and O–H groups in total. The van der Waals surface area contributed by atoms with E-state index in [1.807, 2.05) is 13.8 Å². The van der Waals surface area contributed by atoms with Crippen LogP contribution in [0.4, 0.5) is 0 Å². The van der Waals surface area contributed by atoms with Gasteiger partial charge in [-0.05, 0) is 32.0 Å². The summed E-state index contributed by atoms with van der Waals surface area (Å²) in [4.78, 5) is 19.2. The van der Waals surface area contributed by atoms with Crippen LogP contribution in [-0.4, -0.2) is 24.2 Å². The minimum Gasteiger partial charge on any atom is -0.497 e. The van der Waals surface area contributed by atoms with Crippen molar-refractivity contribution < 1.29 is 9.47 Å². The van der Waals surface area contributed by atoms with Gasteiger partial charge in [-0.15, -0.1) is 0 Å². The van der Waals surface area contributed by atoms with Crippen LogP contribution in [0.1, 0.15) is 11.4 Å². The molecule has 2 aromatic rings. The topological polar surface area (TPSA) is 64.2 Å². The van der Waals surface area contributed by atoms with Crippen molar-refractivity contribution in [2.24, 2.45) is 0 Å². The number of benzene rings is 1. The molecule has 0 unspecified atom stereocenters. The van der Waals surface area contributed by atoms with Gasteiger partial charge in [-0.3, -0.25) is 4.79 Å². The molecule has 0 atom stereocenters. The lowest BCUT2D eigenvalue weighted by Gasteiger charge is -2.10. The summed E-state index contributed by atoms with van der Waals surface area (Å²) in [5, 5.41) is 0. The second-order valence-electron chi connectivity index (χ2n) is 4.19. The average Bonchev–Trinajstić information content (AvgIpc) is 2.42. The fourth-order valence-corrected chi connectivity index (χ4v) is 1.80. The molecule has 1 aromatic heterocycles. The summed E-state index contributed by atoms with van der Waals surface area (Å²) in [6.07, 6.45) is 0. The van der Waals surface area contributed by atoms with E-state index in [0.29, 0.717) is 22.8 Å². The fraction of sp³-hybridized carbons (Fsp3) is 0.286. The van der Waals surface area contributed by atoms with Gasteiger partial charge >= 0.3 is 0 Å². The van der Waals surface area contributed by atoms with Crippen molar-refractivity contribution in [1.29, 1.82) is 0 Å². The van der Waals surface area contributed by atoms with Gasteiger partial charge in [0.15, 0.2) is 0 Å². The van der Waals surface area contributed by atoms with Crippen LogP contribution in [0.15, 0.2) is 23.0 Å². The first-order valence-corrected chi connectivity index (χ1v) is 5.86. The lowest BCUT2D eigenvalue weighted by Crippen LogP contribution is -2.14. The second kappa shape index (κ2) is 5.14. The molecule has 5 nitrogen and oxygen atoms in total. The molecule has 1 heterocycles. The van der Waals surface area contributed by atoms with Crippen LogP contribution in [0, 0.1) is 13.8 Å². The minimum atomic E-state index is -0.241. The maximum absolute atomic E-state index is 12.0. The predicted molar refractivity (Wildman–Crippen MR) is 72.9 cm³/mol. The second-order valence-corrected chi connectivity index (χ2v) is 4.19. The Morgan fingerprint density at radius 2 is 1.89 bits per heavy atom. The van der Waals surface area contributed by atoms with Crippen LogP contribution in [0.3, 0.4) is 0 Å². The molecule has 0 aliphatic heterocycles. The van der Waals surface area contributed by atoms with Crippen LogP contribution in [0.2, 0.25) is 0 Å². The third kappa shape index (κ3) is 2.45. The Morgan fingerprint density at radius 3 is 2.53 bits per heavy atom. The van der Waals surface area contributed by atoms with E-state index in [1.54, 1.807) is 32.4 Å². The standard InChI is InChI=1S/C14H16N2O3/c1-8-9(2)16-14(17)13(15-8)11-7-10(18-3)5-6-12(11)19-4/h5-7H,1-4H3,(H,16,17). The molecule has 0 fully saturated rings. The van der Waals surface area contributed by atoms with E-state index in [1.165, 1.54) is 0 Å².